The molecular weight excluding hydrogens is 116 g/mol. The van der Waals surface area contributed by atoms with E-state index in [2.05, 4.69) is 0 Å². The summed E-state index contributed by atoms with van der Waals surface area (Å²) in [4.78, 5) is 0. The van der Waals surface area contributed by atoms with Crippen molar-refractivity contribution in [1.82, 2.24) is 0 Å². The zero-order valence-corrected chi connectivity index (χ0v) is 5.84. The lowest BCUT2D eigenvalue weighted by Crippen LogP contribution is -2.18. The predicted octanol–water partition coefficient (Wildman–Crippen LogP) is 1.14. The van der Waals surface area contributed by atoms with Gasteiger partial charge in [-0.2, -0.15) is 0 Å². The van der Waals surface area contributed by atoms with Crippen molar-refractivity contribution in [2.75, 3.05) is 7.11 Å². The number of hydrogen-bond acceptors (Lipinski definition) is 2. The van der Waals surface area contributed by atoms with Gasteiger partial charge in [0.25, 0.3) is 0 Å². The molecule has 0 aromatic rings. The van der Waals surface area contributed by atoms with E-state index in [9.17, 15) is 0 Å². The Labute approximate surface area is 55.8 Å². The van der Waals surface area contributed by atoms with Crippen molar-refractivity contribution in [2.45, 2.75) is 32.0 Å². The van der Waals surface area contributed by atoms with E-state index < -0.39 is 6.29 Å². The zero-order chi connectivity index (χ0) is 6.69. The van der Waals surface area contributed by atoms with Gasteiger partial charge in [-0.3, -0.25) is 0 Å². The van der Waals surface area contributed by atoms with Gasteiger partial charge in [0, 0.05) is 13.0 Å². The molecule has 1 aliphatic rings. The number of aliphatic hydroxyl groups excluding tert-OH is 1. The fraction of sp³-hybridized carbons (Fsp3) is 1.00. The molecule has 1 N–H and O–H groups in total. The Balaban J connectivity index is 2.24. The Kier molecular flexibility index (Phi) is 2.49. The lowest BCUT2D eigenvalue weighted by atomic mass is 10.1. The lowest BCUT2D eigenvalue weighted by Gasteiger charge is -2.14. The molecule has 1 unspecified atom stereocenters. The molecule has 0 amide bonds. The first kappa shape index (κ1) is 7.03. The molecule has 0 heterocycles. The van der Waals surface area contributed by atoms with Crippen LogP contribution in [0.15, 0.2) is 0 Å². The molecule has 0 spiro atoms. The molecule has 1 aliphatic carbocycles. The second kappa shape index (κ2) is 3.18. The SMILES string of the molecule is COC(O)C1CCCC1. The topological polar surface area (TPSA) is 29.5 Å². The summed E-state index contributed by atoms with van der Waals surface area (Å²) in [7, 11) is 1.56. The Morgan fingerprint density at radius 2 is 2.00 bits per heavy atom. The van der Waals surface area contributed by atoms with Crippen LogP contribution in [0, 0.1) is 5.92 Å². The zero-order valence-electron chi connectivity index (χ0n) is 5.84. The van der Waals surface area contributed by atoms with E-state index in [-0.39, 0.29) is 0 Å². The summed E-state index contributed by atoms with van der Waals surface area (Å²) in [5, 5.41) is 9.14. The van der Waals surface area contributed by atoms with Crippen molar-refractivity contribution in [3.63, 3.8) is 0 Å². The Hall–Kier alpha value is -0.0800. The van der Waals surface area contributed by atoms with Gasteiger partial charge in [-0.25, -0.2) is 0 Å². The van der Waals surface area contributed by atoms with Crippen molar-refractivity contribution < 1.29 is 9.84 Å². The molecule has 1 rings (SSSR count). The van der Waals surface area contributed by atoms with E-state index >= 15 is 0 Å². The largest absolute Gasteiger partial charge is 0.368 e. The third kappa shape index (κ3) is 1.66. The van der Waals surface area contributed by atoms with Crippen LogP contribution in [0.1, 0.15) is 25.7 Å². The van der Waals surface area contributed by atoms with Crippen LogP contribution in [0.4, 0.5) is 0 Å². The van der Waals surface area contributed by atoms with E-state index in [1.54, 1.807) is 7.11 Å². The van der Waals surface area contributed by atoms with Crippen LogP contribution in [-0.4, -0.2) is 18.5 Å². The summed E-state index contributed by atoms with van der Waals surface area (Å²) in [6.07, 6.45) is 4.27. The second-order valence-electron chi connectivity index (χ2n) is 2.67. The summed E-state index contributed by atoms with van der Waals surface area (Å²) >= 11 is 0. The fourth-order valence-electron chi connectivity index (χ4n) is 1.43. The maximum atomic E-state index is 9.14. The van der Waals surface area contributed by atoms with Gasteiger partial charge in [0.2, 0.25) is 0 Å². The van der Waals surface area contributed by atoms with Crippen LogP contribution in [0.3, 0.4) is 0 Å². The van der Waals surface area contributed by atoms with Crippen LogP contribution in [0.25, 0.3) is 0 Å². The minimum Gasteiger partial charge on any atom is -0.368 e. The van der Waals surface area contributed by atoms with Gasteiger partial charge in [-0.15, -0.1) is 0 Å². The molecule has 0 aromatic heterocycles. The molecule has 9 heavy (non-hydrogen) atoms. The van der Waals surface area contributed by atoms with Crippen molar-refractivity contribution in [2.24, 2.45) is 5.92 Å². The highest BCUT2D eigenvalue weighted by Gasteiger charge is 2.22. The maximum Gasteiger partial charge on any atom is 0.156 e. The molecule has 1 atom stereocenters. The monoisotopic (exact) mass is 130 g/mol. The van der Waals surface area contributed by atoms with Gasteiger partial charge in [-0.05, 0) is 12.8 Å². The molecule has 54 valence electrons. The first-order chi connectivity index (χ1) is 4.34. The predicted molar refractivity (Wildman–Crippen MR) is 35.0 cm³/mol. The number of methoxy groups -OCH3 is 1. The summed E-state index contributed by atoms with van der Waals surface area (Å²) in [6.45, 7) is 0. The van der Waals surface area contributed by atoms with Gasteiger partial charge in [0.15, 0.2) is 6.29 Å². The number of hydrogen-bond donors (Lipinski definition) is 1. The minimum absolute atomic E-state index is 0.412. The molecule has 0 radical (unpaired) electrons. The van der Waals surface area contributed by atoms with Crippen molar-refractivity contribution >= 4 is 0 Å². The molecule has 1 fully saturated rings. The maximum absolute atomic E-state index is 9.14. The van der Waals surface area contributed by atoms with Crippen molar-refractivity contribution in [3.05, 3.63) is 0 Å². The average Bonchev–Trinajstić information content (AvgIpc) is 2.37. The summed E-state index contributed by atoms with van der Waals surface area (Å²) in [5.41, 5.74) is 0. The third-order valence-corrected chi connectivity index (χ3v) is 2.04. The molecule has 0 bridgehead atoms. The molecule has 0 saturated heterocycles. The number of ether oxygens (including phenoxy) is 1. The summed E-state index contributed by atoms with van der Waals surface area (Å²) in [5.74, 6) is 0.412. The third-order valence-electron chi connectivity index (χ3n) is 2.04. The standard InChI is InChI=1S/C7H14O2/c1-9-7(8)6-4-2-3-5-6/h6-8H,2-5H2,1H3. The normalized spacial score (nSPS) is 24.7. The van der Waals surface area contributed by atoms with Gasteiger partial charge in [-0.1, -0.05) is 12.8 Å². The Bertz CT molecular complexity index is 77.0. The van der Waals surface area contributed by atoms with Crippen LogP contribution in [-0.2, 0) is 4.74 Å². The summed E-state index contributed by atoms with van der Waals surface area (Å²) < 4.78 is 4.79. The molecule has 2 nitrogen and oxygen atoms in total. The Morgan fingerprint density at radius 1 is 1.44 bits per heavy atom. The van der Waals surface area contributed by atoms with Gasteiger partial charge >= 0.3 is 0 Å². The average molecular weight is 130 g/mol. The van der Waals surface area contributed by atoms with E-state index in [4.69, 9.17) is 9.84 Å². The Morgan fingerprint density at radius 3 is 2.44 bits per heavy atom. The molecule has 0 aromatic carbocycles. The molecule has 1 saturated carbocycles. The van der Waals surface area contributed by atoms with Crippen LogP contribution in [0.5, 0.6) is 0 Å². The second-order valence-corrected chi connectivity index (χ2v) is 2.67. The van der Waals surface area contributed by atoms with Crippen molar-refractivity contribution in [1.29, 1.82) is 0 Å². The molecule has 0 aliphatic heterocycles. The van der Waals surface area contributed by atoms with Crippen LogP contribution >= 0.6 is 0 Å². The van der Waals surface area contributed by atoms with Crippen molar-refractivity contribution in [3.8, 4) is 0 Å². The number of aliphatic hydroxyl groups is 1. The quantitative estimate of drug-likeness (QED) is 0.568. The van der Waals surface area contributed by atoms with E-state index in [1.165, 1.54) is 12.8 Å². The first-order valence-electron chi connectivity index (χ1n) is 3.55. The van der Waals surface area contributed by atoms with Crippen LogP contribution < -0.4 is 0 Å². The smallest absolute Gasteiger partial charge is 0.156 e. The lowest BCUT2D eigenvalue weighted by molar-refractivity contribution is -0.110. The fourth-order valence-corrected chi connectivity index (χ4v) is 1.43. The minimum atomic E-state index is -0.507. The van der Waals surface area contributed by atoms with E-state index in [1.807, 2.05) is 0 Å². The van der Waals surface area contributed by atoms with Gasteiger partial charge in [0.05, 0.1) is 0 Å². The highest BCUT2D eigenvalue weighted by atomic mass is 16.6. The van der Waals surface area contributed by atoms with Gasteiger partial charge < -0.3 is 9.84 Å². The summed E-state index contributed by atoms with van der Waals surface area (Å²) in [6, 6.07) is 0. The highest BCUT2D eigenvalue weighted by Crippen LogP contribution is 2.27. The first-order valence-corrected chi connectivity index (χ1v) is 3.55. The van der Waals surface area contributed by atoms with Gasteiger partial charge in [0.1, 0.15) is 0 Å². The number of rotatable bonds is 2. The van der Waals surface area contributed by atoms with Crippen LogP contribution in [0.2, 0.25) is 0 Å². The van der Waals surface area contributed by atoms with E-state index in [0.29, 0.717) is 5.92 Å². The van der Waals surface area contributed by atoms with E-state index in [0.717, 1.165) is 12.8 Å². The highest BCUT2D eigenvalue weighted by molar-refractivity contribution is 4.68. The molecule has 2 heteroatoms. The molecular formula is C7H14O2.